The summed E-state index contributed by atoms with van der Waals surface area (Å²) >= 11 is 0. The average molecular weight is 313 g/mol. The summed E-state index contributed by atoms with van der Waals surface area (Å²) in [6.07, 6.45) is 6.60. The van der Waals surface area contributed by atoms with E-state index >= 15 is 0 Å². The zero-order chi connectivity index (χ0) is 16.2. The lowest BCUT2D eigenvalue weighted by Gasteiger charge is -2.11. The summed E-state index contributed by atoms with van der Waals surface area (Å²) in [5.41, 5.74) is 0.268. The Kier molecular flexibility index (Phi) is 5.54. The molecule has 0 spiro atoms. The Morgan fingerprint density at radius 2 is 2.19 bits per heavy atom. The molecule has 1 aromatic rings. The predicted molar refractivity (Wildman–Crippen MR) is 78.2 cm³/mol. The van der Waals surface area contributed by atoms with Gasteiger partial charge in [0, 0.05) is 34.4 Å². The van der Waals surface area contributed by atoms with Crippen molar-refractivity contribution in [2.75, 3.05) is 27.8 Å². The number of terminal acetylenes is 1. The highest BCUT2D eigenvalue weighted by Crippen LogP contribution is 2.15. The molecule has 1 rings (SSSR count). The summed E-state index contributed by atoms with van der Waals surface area (Å²) < 4.78 is 33.1. The molecule has 0 aliphatic carbocycles. The van der Waals surface area contributed by atoms with Crippen molar-refractivity contribution < 1.29 is 17.9 Å². The largest absolute Gasteiger partial charge is 0.382 e. The SMILES string of the molecule is C#C[C@@H](COC)NS(=O)(=O)c1cc(C(=O)N(C)C)n(C)c1. The second-order valence-corrected chi connectivity index (χ2v) is 6.38. The van der Waals surface area contributed by atoms with Crippen LogP contribution < -0.4 is 4.72 Å². The summed E-state index contributed by atoms with van der Waals surface area (Å²) in [6.45, 7) is 0.0616. The number of amides is 1. The molecule has 1 heterocycles. The number of nitrogens with zero attached hydrogens (tertiary/aromatic N) is 2. The summed E-state index contributed by atoms with van der Waals surface area (Å²) in [6, 6.07) is 0.540. The monoisotopic (exact) mass is 313 g/mol. The van der Waals surface area contributed by atoms with Crippen molar-refractivity contribution in [3.05, 3.63) is 18.0 Å². The molecule has 0 saturated heterocycles. The second-order valence-electron chi connectivity index (χ2n) is 4.67. The van der Waals surface area contributed by atoms with Gasteiger partial charge in [0.15, 0.2) is 0 Å². The number of carbonyl (C=O) groups excluding carboxylic acids is 1. The number of aromatic nitrogens is 1. The van der Waals surface area contributed by atoms with Gasteiger partial charge in [-0.25, -0.2) is 8.42 Å². The van der Waals surface area contributed by atoms with Crippen LogP contribution in [0.1, 0.15) is 10.5 Å². The van der Waals surface area contributed by atoms with Crippen LogP contribution in [-0.2, 0) is 21.8 Å². The maximum absolute atomic E-state index is 12.2. The number of nitrogens with one attached hydrogen (secondary N) is 1. The molecule has 7 nitrogen and oxygen atoms in total. The first-order valence-electron chi connectivity index (χ1n) is 6.08. The van der Waals surface area contributed by atoms with E-state index in [9.17, 15) is 13.2 Å². The molecule has 1 amide bonds. The Morgan fingerprint density at radius 3 is 2.67 bits per heavy atom. The molecule has 1 aromatic heterocycles. The fourth-order valence-corrected chi connectivity index (χ4v) is 2.87. The van der Waals surface area contributed by atoms with Crippen LogP contribution >= 0.6 is 0 Å². The maximum Gasteiger partial charge on any atom is 0.269 e. The first-order valence-corrected chi connectivity index (χ1v) is 7.56. The zero-order valence-corrected chi connectivity index (χ0v) is 13.3. The van der Waals surface area contributed by atoms with Crippen LogP contribution in [0, 0.1) is 12.3 Å². The second kappa shape index (κ2) is 6.76. The number of aryl methyl sites for hydroxylation is 1. The quantitative estimate of drug-likeness (QED) is 0.728. The average Bonchev–Trinajstić information content (AvgIpc) is 2.79. The van der Waals surface area contributed by atoms with Gasteiger partial charge < -0.3 is 14.2 Å². The third kappa shape index (κ3) is 4.07. The Morgan fingerprint density at radius 1 is 1.57 bits per heavy atom. The van der Waals surface area contributed by atoms with E-state index in [-0.39, 0.29) is 23.1 Å². The Balaban J connectivity index is 3.08. The lowest BCUT2D eigenvalue weighted by molar-refractivity contribution is 0.0818. The van der Waals surface area contributed by atoms with Gasteiger partial charge in [0.25, 0.3) is 5.91 Å². The van der Waals surface area contributed by atoms with Crippen LogP contribution in [0.25, 0.3) is 0 Å². The molecule has 0 unspecified atom stereocenters. The highest BCUT2D eigenvalue weighted by atomic mass is 32.2. The standard InChI is InChI=1S/C13H19N3O4S/c1-6-10(9-20-5)14-21(18,19)11-7-12(16(4)8-11)13(17)15(2)3/h1,7-8,10,14H,9H2,2-5H3/t10-/m0/s1. The van der Waals surface area contributed by atoms with E-state index < -0.39 is 16.1 Å². The Bertz CT molecular complexity index is 655. The molecular weight excluding hydrogens is 294 g/mol. The van der Waals surface area contributed by atoms with Crippen molar-refractivity contribution in [3.63, 3.8) is 0 Å². The smallest absolute Gasteiger partial charge is 0.269 e. The molecule has 0 bridgehead atoms. The molecule has 0 fully saturated rings. The lowest BCUT2D eigenvalue weighted by Crippen LogP contribution is -2.36. The molecule has 0 radical (unpaired) electrons. The molecule has 1 N–H and O–H groups in total. The van der Waals surface area contributed by atoms with Crippen molar-refractivity contribution in [3.8, 4) is 12.3 Å². The Labute approximate surface area is 124 Å². The van der Waals surface area contributed by atoms with E-state index in [1.54, 1.807) is 21.1 Å². The van der Waals surface area contributed by atoms with Gasteiger partial charge in [-0.15, -0.1) is 6.42 Å². The normalized spacial score (nSPS) is 12.7. The fourth-order valence-electron chi connectivity index (χ4n) is 1.66. The molecule has 0 aliphatic rings. The number of methoxy groups -OCH3 is 1. The summed E-state index contributed by atoms with van der Waals surface area (Å²) in [5.74, 6) is 2.01. The minimum Gasteiger partial charge on any atom is -0.382 e. The summed E-state index contributed by atoms with van der Waals surface area (Å²) in [7, 11) is 2.39. The van der Waals surface area contributed by atoms with Crippen molar-refractivity contribution in [2.45, 2.75) is 10.9 Å². The van der Waals surface area contributed by atoms with Crippen LogP contribution in [0.2, 0.25) is 0 Å². The molecule has 116 valence electrons. The van der Waals surface area contributed by atoms with E-state index in [4.69, 9.17) is 11.2 Å². The van der Waals surface area contributed by atoms with E-state index in [0.717, 1.165) is 0 Å². The molecule has 0 aromatic carbocycles. The molecule has 21 heavy (non-hydrogen) atoms. The number of rotatable bonds is 6. The van der Waals surface area contributed by atoms with Gasteiger partial charge in [0.2, 0.25) is 10.0 Å². The zero-order valence-electron chi connectivity index (χ0n) is 12.5. The number of ether oxygens (including phenoxy) is 1. The summed E-state index contributed by atoms with van der Waals surface area (Å²) in [4.78, 5) is 13.3. The predicted octanol–water partition coefficient (Wildman–Crippen LogP) is -0.347. The van der Waals surface area contributed by atoms with Crippen molar-refractivity contribution in [2.24, 2.45) is 7.05 Å². The van der Waals surface area contributed by atoms with Crippen LogP contribution in [-0.4, -0.2) is 57.6 Å². The van der Waals surface area contributed by atoms with Gasteiger partial charge in [-0.05, 0) is 6.07 Å². The third-order valence-electron chi connectivity index (χ3n) is 2.75. The molecule has 0 aliphatic heterocycles. The Hall–Kier alpha value is -1.82. The van der Waals surface area contributed by atoms with Gasteiger partial charge in [-0.2, -0.15) is 4.72 Å². The molecular formula is C13H19N3O4S. The van der Waals surface area contributed by atoms with Gasteiger partial charge in [0.1, 0.15) is 16.6 Å². The van der Waals surface area contributed by atoms with Crippen LogP contribution in [0.15, 0.2) is 17.2 Å². The van der Waals surface area contributed by atoms with E-state index in [1.807, 2.05) is 0 Å². The minimum atomic E-state index is -3.82. The van der Waals surface area contributed by atoms with Crippen molar-refractivity contribution in [1.82, 2.24) is 14.2 Å². The number of hydrogen-bond donors (Lipinski definition) is 1. The molecule has 1 atom stereocenters. The highest BCUT2D eigenvalue weighted by molar-refractivity contribution is 7.89. The lowest BCUT2D eigenvalue weighted by atomic mass is 10.4. The van der Waals surface area contributed by atoms with E-state index in [1.165, 1.54) is 28.8 Å². The van der Waals surface area contributed by atoms with E-state index in [0.29, 0.717) is 0 Å². The van der Waals surface area contributed by atoms with Crippen molar-refractivity contribution >= 4 is 15.9 Å². The molecule has 8 heteroatoms. The first kappa shape index (κ1) is 17.2. The van der Waals surface area contributed by atoms with Gasteiger partial charge in [0.05, 0.1) is 6.61 Å². The van der Waals surface area contributed by atoms with Crippen LogP contribution in [0.4, 0.5) is 0 Å². The van der Waals surface area contributed by atoms with Gasteiger partial charge in [-0.3, -0.25) is 4.79 Å². The summed E-state index contributed by atoms with van der Waals surface area (Å²) in [5, 5.41) is 0. The number of carbonyl (C=O) groups is 1. The topological polar surface area (TPSA) is 80.6 Å². The van der Waals surface area contributed by atoms with Crippen LogP contribution in [0.3, 0.4) is 0 Å². The van der Waals surface area contributed by atoms with Crippen LogP contribution in [0.5, 0.6) is 0 Å². The minimum absolute atomic E-state index is 0.0217. The molecule has 0 saturated carbocycles. The number of hydrogen-bond acceptors (Lipinski definition) is 4. The van der Waals surface area contributed by atoms with Gasteiger partial charge in [-0.1, -0.05) is 5.92 Å². The maximum atomic E-state index is 12.2. The fraction of sp³-hybridized carbons (Fsp3) is 0.462. The highest BCUT2D eigenvalue weighted by Gasteiger charge is 2.23. The van der Waals surface area contributed by atoms with Gasteiger partial charge >= 0.3 is 0 Å². The first-order chi connectivity index (χ1) is 9.72. The van der Waals surface area contributed by atoms with E-state index in [2.05, 4.69) is 10.6 Å². The third-order valence-corrected chi connectivity index (χ3v) is 4.19. The van der Waals surface area contributed by atoms with Crippen molar-refractivity contribution in [1.29, 1.82) is 0 Å². The number of sulfonamides is 1.